The molecule has 0 spiro atoms. The Morgan fingerprint density at radius 2 is 1.62 bits per heavy atom. The summed E-state index contributed by atoms with van der Waals surface area (Å²) in [5.74, 6) is 0. The molecule has 0 radical (unpaired) electrons. The topological polar surface area (TPSA) is 26.0 Å². The standard InChI is InChI=1S/C8H13N.2C2H6/c1-2-4-7-5-3-6-8(7)9;2*1-2/h2,4H,3,5-6,9H2,1H3;2*1-2H3/b4-2-;;. The van der Waals surface area contributed by atoms with E-state index in [1.807, 2.05) is 40.7 Å². The van der Waals surface area contributed by atoms with Crippen LogP contribution in [0.3, 0.4) is 0 Å². The summed E-state index contributed by atoms with van der Waals surface area (Å²) >= 11 is 0. The predicted molar refractivity (Wildman–Crippen MR) is 62.6 cm³/mol. The molecule has 1 aliphatic rings. The first-order valence-corrected chi connectivity index (χ1v) is 5.45. The minimum atomic E-state index is 1.09. The third-order valence-corrected chi connectivity index (χ3v) is 1.67. The van der Waals surface area contributed by atoms with Gasteiger partial charge in [0, 0.05) is 5.70 Å². The van der Waals surface area contributed by atoms with Crippen LogP contribution in [0.2, 0.25) is 0 Å². The second kappa shape index (κ2) is 11.3. The van der Waals surface area contributed by atoms with Crippen LogP contribution in [-0.2, 0) is 0 Å². The third-order valence-electron chi connectivity index (χ3n) is 1.67. The maximum absolute atomic E-state index is 5.69. The summed E-state index contributed by atoms with van der Waals surface area (Å²) in [6.45, 7) is 10.0. The van der Waals surface area contributed by atoms with E-state index in [9.17, 15) is 0 Å². The molecule has 78 valence electrons. The SMILES string of the molecule is C/C=C\C1=C(N)CCC1.CC.CC. The van der Waals surface area contributed by atoms with Gasteiger partial charge in [0.1, 0.15) is 0 Å². The summed E-state index contributed by atoms with van der Waals surface area (Å²) in [7, 11) is 0. The van der Waals surface area contributed by atoms with Gasteiger partial charge < -0.3 is 5.73 Å². The van der Waals surface area contributed by atoms with Gasteiger partial charge >= 0.3 is 0 Å². The van der Waals surface area contributed by atoms with E-state index >= 15 is 0 Å². The molecule has 0 amide bonds. The molecular weight excluding hydrogens is 158 g/mol. The second-order valence-corrected chi connectivity index (χ2v) is 2.40. The van der Waals surface area contributed by atoms with Crippen molar-refractivity contribution in [2.45, 2.75) is 53.9 Å². The monoisotopic (exact) mass is 183 g/mol. The molecule has 1 rings (SSSR count). The molecule has 0 fully saturated rings. The van der Waals surface area contributed by atoms with Gasteiger partial charge in [-0.2, -0.15) is 0 Å². The molecule has 0 aromatic rings. The Kier molecular flexibility index (Phi) is 12.8. The van der Waals surface area contributed by atoms with Crippen LogP contribution in [0.4, 0.5) is 0 Å². The minimum absolute atomic E-state index is 1.09. The molecule has 13 heavy (non-hydrogen) atoms. The van der Waals surface area contributed by atoms with Gasteiger partial charge in [0.15, 0.2) is 0 Å². The zero-order chi connectivity index (χ0) is 10.7. The van der Waals surface area contributed by atoms with E-state index in [0.717, 1.165) is 12.1 Å². The predicted octanol–water partition coefficient (Wildman–Crippen LogP) is 4.01. The van der Waals surface area contributed by atoms with Gasteiger partial charge in [0.25, 0.3) is 0 Å². The van der Waals surface area contributed by atoms with Crippen LogP contribution < -0.4 is 5.73 Å². The summed E-state index contributed by atoms with van der Waals surface area (Å²) < 4.78 is 0. The van der Waals surface area contributed by atoms with Gasteiger partial charge in [-0.3, -0.25) is 0 Å². The number of nitrogens with two attached hydrogens (primary N) is 1. The van der Waals surface area contributed by atoms with Gasteiger partial charge in [0.2, 0.25) is 0 Å². The van der Waals surface area contributed by atoms with Crippen molar-refractivity contribution in [3.8, 4) is 0 Å². The lowest BCUT2D eigenvalue weighted by Gasteiger charge is -1.91. The average molecular weight is 183 g/mol. The largest absolute Gasteiger partial charge is 0.402 e. The van der Waals surface area contributed by atoms with Crippen LogP contribution in [0.5, 0.6) is 0 Å². The van der Waals surface area contributed by atoms with E-state index in [-0.39, 0.29) is 0 Å². The Morgan fingerprint density at radius 3 is 1.92 bits per heavy atom. The lowest BCUT2D eigenvalue weighted by Crippen LogP contribution is -1.93. The Labute approximate surface area is 83.7 Å². The molecule has 0 aliphatic heterocycles. The summed E-state index contributed by atoms with van der Waals surface area (Å²) in [6.07, 6.45) is 7.68. The highest BCUT2D eigenvalue weighted by Gasteiger charge is 2.07. The first kappa shape index (κ1) is 14.8. The third kappa shape index (κ3) is 6.44. The molecule has 0 bridgehead atoms. The van der Waals surface area contributed by atoms with Gasteiger partial charge in [-0.1, -0.05) is 39.8 Å². The van der Waals surface area contributed by atoms with Crippen LogP contribution >= 0.6 is 0 Å². The van der Waals surface area contributed by atoms with E-state index in [1.54, 1.807) is 0 Å². The Morgan fingerprint density at radius 1 is 1.08 bits per heavy atom. The summed E-state index contributed by atoms with van der Waals surface area (Å²) in [6, 6.07) is 0. The highest BCUT2D eigenvalue weighted by atomic mass is 14.6. The molecule has 0 atom stereocenters. The molecule has 1 heteroatoms. The Balaban J connectivity index is 0. The molecule has 0 saturated carbocycles. The molecule has 0 unspecified atom stereocenters. The van der Waals surface area contributed by atoms with E-state index < -0.39 is 0 Å². The lowest BCUT2D eigenvalue weighted by molar-refractivity contribution is 0.894. The fourth-order valence-electron chi connectivity index (χ4n) is 1.18. The zero-order valence-corrected chi connectivity index (χ0v) is 9.85. The van der Waals surface area contributed by atoms with Crippen molar-refractivity contribution >= 4 is 0 Å². The van der Waals surface area contributed by atoms with Crippen molar-refractivity contribution in [3.63, 3.8) is 0 Å². The smallest absolute Gasteiger partial charge is 0.0113 e. The van der Waals surface area contributed by atoms with Crippen molar-refractivity contribution in [2.24, 2.45) is 5.73 Å². The normalized spacial score (nSPS) is 14.8. The molecular formula is C12H25N. The average Bonchev–Trinajstić information content (AvgIpc) is 2.60. The fraction of sp³-hybridized carbons (Fsp3) is 0.667. The summed E-state index contributed by atoms with van der Waals surface area (Å²) in [5, 5.41) is 0. The number of hydrogen-bond acceptors (Lipinski definition) is 1. The maximum Gasteiger partial charge on any atom is 0.0113 e. The van der Waals surface area contributed by atoms with E-state index in [0.29, 0.717) is 0 Å². The molecule has 1 aliphatic carbocycles. The number of allylic oxidation sites excluding steroid dienone is 4. The van der Waals surface area contributed by atoms with Gasteiger partial charge in [0.05, 0.1) is 0 Å². The molecule has 2 N–H and O–H groups in total. The Hall–Kier alpha value is -0.720. The quantitative estimate of drug-likeness (QED) is 0.653. The first-order chi connectivity index (χ1) is 6.34. The van der Waals surface area contributed by atoms with Gasteiger partial charge in [-0.25, -0.2) is 0 Å². The number of hydrogen-bond donors (Lipinski definition) is 1. The van der Waals surface area contributed by atoms with Crippen molar-refractivity contribution < 1.29 is 0 Å². The van der Waals surface area contributed by atoms with Crippen LogP contribution in [0, 0.1) is 0 Å². The zero-order valence-electron chi connectivity index (χ0n) is 9.85. The highest BCUT2D eigenvalue weighted by Crippen LogP contribution is 2.22. The molecule has 0 saturated heterocycles. The molecule has 0 aromatic heterocycles. The Bertz CT molecular complexity index is 155. The van der Waals surface area contributed by atoms with Crippen molar-refractivity contribution in [1.82, 2.24) is 0 Å². The van der Waals surface area contributed by atoms with Crippen LogP contribution in [0.15, 0.2) is 23.4 Å². The first-order valence-electron chi connectivity index (χ1n) is 5.45. The number of rotatable bonds is 1. The second-order valence-electron chi connectivity index (χ2n) is 2.40. The van der Waals surface area contributed by atoms with Crippen LogP contribution in [0.25, 0.3) is 0 Å². The maximum atomic E-state index is 5.69. The van der Waals surface area contributed by atoms with Crippen LogP contribution in [0.1, 0.15) is 53.9 Å². The summed E-state index contributed by atoms with van der Waals surface area (Å²) in [4.78, 5) is 0. The van der Waals surface area contributed by atoms with Crippen molar-refractivity contribution in [3.05, 3.63) is 23.4 Å². The highest BCUT2D eigenvalue weighted by molar-refractivity contribution is 5.27. The van der Waals surface area contributed by atoms with Gasteiger partial charge in [-0.05, 0) is 31.8 Å². The van der Waals surface area contributed by atoms with E-state index in [2.05, 4.69) is 6.08 Å². The molecule has 1 nitrogen and oxygen atoms in total. The van der Waals surface area contributed by atoms with Crippen LogP contribution in [-0.4, -0.2) is 0 Å². The van der Waals surface area contributed by atoms with E-state index in [4.69, 9.17) is 5.73 Å². The fourth-order valence-corrected chi connectivity index (χ4v) is 1.18. The van der Waals surface area contributed by atoms with Gasteiger partial charge in [-0.15, -0.1) is 0 Å². The van der Waals surface area contributed by atoms with Crippen molar-refractivity contribution in [1.29, 1.82) is 0 Å². The minimum Gasteiger partial charge on any atom is -0.402 e. The molecule has 0 heterocycles. The van der Waals surface area contributed by atoms with Crippen molar-refractivity contribution in [2.75, 3.05) is 0 Å². The molecule has 0 aromatic carbocycles. The van der Waals surface area contributed by atoms with E-state index in [1.165, 1.54) is 18.4 Å². The lowest BCUT2D eigenvalue weighted by atomic mass is 10.2. The summed E-state index contributed by atoms with van der Waals surface area (Å²) in [5.41, 5.74) is 8.13.